The molecule has 2 heterocycles. The van der Waals surface area contributed by atoms with Gasteiger partial charge in [0.1, 0.15) is 17.2 Å². The number of fused-ring (bicyclic) bond motifs is 1. The Morgan fingerprint density at radius 3 is 2.75 bits per heavy atom. The van der Waals surface area contributed by atoms with E-state index in [4.69, 9.17) is 20.1 Å². The average Bonchev–Trinajstić information content (AvgIpc) is 2.76. The number of aromatic nitrogens is 2. The minimum atomic E-state index is -0.771. The Hall–Kier alpha value is -3.20. The van der Waals surface area contributed by atoms with Crippen LogP contribution in [0.2, 0.25) is 0 Å². The van der Waals surface area contributed by atoms with Crippen molar-refractivity contribution in [3.63, 3.8) is 0 Å². The molecule has 1 aliphatic heterocycles. The lowest BCUT2D eigenvalue weighted by atomic mass is 10.1. The number of nitrogens with two attached hydrogens (primary N) is 1. The maximum atomic E-state index is 13.3. The monoisotopic (exact) mass is 444 g/mol. The smallest absolute Gasteiger partial charge is 0.296 e. The summed E-state index contributed by atoms with van der Waals surface area (Å²) in [6, 6.07) is 5.89. The molecule has 0 unspecified atom stereocenters. The van der Waals surface area contributed by atoms with Crippen molar-refractivity contribution >= 4 is 11.7 Å². The molecule has 3 rings (SSSR count). The van der Waals surface area contributed by atoms with E-state index < -0.39 is 5.60 Å². The van der Waals surface area contributed by atoms with Gasteiger partial charge in [-0.15, -0.1) is 5.10 Å². The van der Waals surface area contributed by atoms with E-state index in [-0.39, 0.29) is 40.9 Å². The molecule has 0 amide bonds. The van der Waals surface area contributed by atoms with Crippen molar-refractivity contribution in [3.8, 4) is 5.75 Å². The van der Waals surface area contributed by atoms with Crippen molar-refractivity contribution in [1.29, 1.82) is 0 Å². The first-order valence-electron chi connectivity index (χ1n) is 10.6. The number of hydrogen-bond acceptors (Lipinski definition) is 7. The molecular weight excluding hydrogens is 415 g/mol. The Morgan fingerprint density at radius 1 is 1.38 bits per heavy atom. The molecule has 2 N–H and O–H groups in total. The fourth-order valence-corrected chi connectivity index (χ4v) is 3.37. The highest BCUT2D eigenvalue weighted by Crippen LogP contribution is 2.30. The molecule has 0 fully saturated rings. The number of ether oxygens (including phenoxy) is 3. The molecule has 2 aromatic rings. The molecule has 9 heteroatoms. The number of nitrogens with zero attached hydrogens (tertiary/aromatic N) is 3. The lowest BCUT2D eigenvalue weighted by Crippen LogP contribution is -2.42. The molecule has 0 saturated heterocycles. The van der Waals surface area contributed by atoms with E-state index in [1.54, 1.807) is 16.7 Å². The fourth-order valence-electron chi connectivity index (χ4n) is 3.37. The van der Waals surface area contributed by atoms with Gasteiger partial charge in [0.2, 0.25) is 11.6 Å². The van der Waals surface area contributed by atoms with Crippen molar-refractivity contribution in [2.45, 2.75) is 52.2 Å². The number of benzene rings is 1. The Kier molecular flexibility index (Phi) is 7.29. The number of unbranched alkanes of at least 4 members (excludes halogenated alkanes) is 1. The SMILES string of the molecule is C=C(O/C(Cc1ccc(F)cc1)=N\N)c1nc2n(c(=O)c1OCCCC)CCOC2(C)C. The second-order valence-corrected chi connectivity index (χ2v) is 7.98. The molecular formula is C23H29FN4O4. The van der Waals surface area contributed by atoms with Crippen molar-refractivity contribution in [1.82, 2.24) is 9.55 Å². The molecule has 0 saturated carbocycles. The van der Waals surface area contributed by atoms with Crippen molar-refractivity contribution < 1.29 is 18.6 Å². The van der Waals surface area contributed by atoms with Crippen LogP contribution in [-0.2, 0) is 28.0 Å². The van der Waals surface area contributed by atoms with E-state index in [1.807, 2.05) is 20.8 Å². The highest BCUT2D eigenvalue weighted by atomic mass is 19.1. The van der Waals surface area contributed by atoms with Crippen LogP contribution in [0.3, 0.4) is 0 Å². The summed E-state index contributed by atoms with van der Waals surface area (Å²) in [7, 11) is 0. The first-order chi connectivity index (χ1) is 15.3. The van der Waals surface area contributed by atoms with Gasteiger partial charge in [0, 0.05) is 0 Å². The summed E-state index contributed by atoms with van der Waals surface area (Å²) < 4.78 is 32.2. The molecule has 0 aliphatic carbocycles. The quantitative estimate of drug-likeness (QED) is 0.167. The van der Waals surface area contributed by atoms with Crippen molar-refractivity contribution in [3.05, 3.63) is 64.1 Å². The highest BCUT2D eigenvalue weighted by Gasteiger charge is 2.34. The lowest BCUT2D eigenvalue weighted by Gasteiger charge is -2.33. The second kappa shape index (κ2) is 9.95. The summed E-state index contributed by atoms with van der Waals surface area (Å²) in [6.07, 6.45) is 1.90. The van der Waals surface area contributed by atoms with Gasteiger partial charge in [-0.3, -0.25) is 9.36 Å². The van der Waals surface area contributed by atoms with E-state index in [0.29, 0.717) is 25.6 Å². The van der Waals surface area contributed by atoms with Gasteiger partial charge in [0.15, 0.2) is 11.5 Å². The fraction of sp³-hybridized carbons (Fsp3) is 0.435. The van der Waals surface area contributed by atoms with Crippen LogP contribution in [0.15, 0.2) is 40.7 Å². The van der Waals surface area contributed by atoms with Gasteiger partial charge in [-0.25, -0.2) is 9.37 Å². The zero-order valence-corrected chi connectivity index (χ0v) is 18.7. The molecule has 0 bridgehead atoms. The summed E-state index contributed by atoms with van der Waals surface area (Å²) in [4.78, 5) is 17.9. The summed E-state index contributed by atoms with van der Waals surface area (Å²) in [6.45, 7) is 10.8. The third-order valence-corrected chi connectivity index (χ3v) is 5.11. The third kappa shape index (κ3) is 5.16. The van der Waals surface area contributed by atoms with Crippen LogP contribution < -0.4 is 16.1 Å². The molecule has 0 atom stereocenters. The summed E-state index contributed by atoms with van der Waals surface area (Å²) in [5.41, 5.74) is -0.160. The predicted octanol–water partition coefficient (Wildman–Crippen LogP) is 3.33. The predicted molar refractivity (Wildman–Crippen MR) is 120 cm³/mol. The van der Waals surface area contributed by atoms with Gasteiger partial charge in [-0.1, -0.05) is 32.1 Å². The summed E-state index contributed by atoms with van der Waals surface area (Å²) >= 11 is 0. The molecule has 0 spiro atoms. The van der Waals surface area contributed by atoms with E-state index in [9.17, 15) is 9.18 Å². The van der Waals surface area contributed by atoms with Gasteiger partial charge < -0.3 is 20.1 Å². The van der Waals surface area contributed by atoms with Crippen LogP contribution in [0.25, 0.3) is 5.76 Å². The molecule has 172 valence electrons. The van der Waals surface area contributed by atoms with Gasteiger partial charge in [-0.05, 0) is 38.0 Å². The van der Waals surface area contributed by atoms with E-state index in [2.05, 4.69) is 16.7 Å². The highest BCUT2D eigenvalue weighted by molar-refractivity contribution is 5.84. The minimum absolute atomic E-state index is 0.0723. The molecule has 1 aliphatic rings. The number of rotatable bonds is 8. The second-order valence-electron chi connectivity index (χ2n) is 7.98. The Bertz CT molecular complexity index is 1060. The van der Waals surface area contributed by atoms with Gasteiger partial charge in [-0.2, -0.15) is 0 Å². The number of hydrazone groups is 1. The largest absolute Gasteiger partial charge is 0.486 e. The minimum Gasteiger partial charge on any atom is -0.486 e. The van der Waals surface area contributed by atoms with Crippen molar-refractivity contribution in [2.75, 3.05) is 13.2 Å². The average molecular weight is 445 g/mol. The van der Waals surface area contributed by atoms with E-state index >= 15 is 0 Å². The number of halogens is 1. The zero-order valence-electron chi connectivity index (χ0n) is 18.7. The van der Waals surface area contributed by atoms with Crippen LogP contribution in [0.1, 0.15) is 50.7 Å². The van der Waals surface area contributed by atoms with Crippen molar-refractivity contribution in [2.24, 2.45) is 10.9 Å². The standard InChI is InChI=1S/C23H29FN4O4/c1-5-6-12-30-20-19(26-22-23(3,4)31-13-11-28(22)21(20)29)15(2)32-18(27-25)14-16-7-9-17(24)10-8-16/h7-10H,2,5-6,11-14,25H2,1,3-4H3/b27-18-. The first kappa shape index (κ1) is 23.5. The van der Waals surface area contributed by atoms with Gasteiger partial charge in [0.25, 0.3) is 5.56 Å². The zero-order chi connectivity index (χ0) is 23.3. The van der Waals surface area contributed by atoms with E-state index in [1.165, 1.54) is 12.1 Å². The topological polar surface area (TPSA) is 101 Å². The van der Waals surface area contributed by atoms with Crippen LogP contribution in [0.5, 0.6) is 5.75 Å². The molecule has 1 aromatic heterocycles. The Labute approximate surface area is 186 Å². The number of hydrogen-bond donors (Lipinski definition) is 1. The van der Waals surface area contributed by atoms with E-state index in [0.717, 1.165) is 18.4 Å². The summed E-state index contributed by atoms with van der Waals surface area (Å²) in [5.74, 6) is 5.90. The van der Waals surface area contributed by atoms with Crippen LogP contribution in [0.4, 0.5) is 4.39 Å². The van der Waals surface area contributed by atoms with Gasteiger partial charge in [0.05, 0.1) is 26.2 Å². The van der Waals surface area contributed by atoms with Crippen LogP contribution >= 0.6 is 0 Å². The molecule has 1 aromatic carbocycles. The lowest BCUT2D eigenvalue weighted by molar-refractivity contribution is -0.0567. The van der Waals surface area contributed by atoms with Crippen LogP contribution in [-0.4, -0.2) is 28.7 Å². The third-order valence-electron chi connectivity index (χ3n) is 5.11. The van der Waals surface area contributed by atoms with Gasteiger partial charge >= 0.3 is 0 Å². The van der Waals surface area contributed by atoms with Crippen LogP contribution in [0, 0.1) is 5.82 Å². The maximum Gasteiger partial charge on any atom is 0.296 e. The normalized spacial score (nSPS) is 15.2. The summed E-state index contributed by atoms with van der Waals surface area (Å²) in [5, 5.41) is 3.68. The first-order valence-corrected chi connectivity index (χ1v) is 10.6. The maximum absolute atomic E-state index is 13.3. The Morgan fingerprint density at radius 2 is 2.09 bits per heavy atom. The Balaban J connectivity index is 1.94. The molecule has 8 nitrogen and oxygen atoms in total. The molecule has 32 heavy (non-hydrogen) atoms. The molecule has 0 radical (unpaired) electrons.